The van der Waals surface area contributed by atoms with Gasteiger partial charge in [0.25, 0.3) is 5.91 Å². The van der Waals surface area contributed by atoms with Gasteiger partial charge in [0, 0.05) is 19.4 Å². The Kier molecular flexibility index (Phi) is 4.33. The number of hydrogen-bond acceptors (Lipinski definition) is 3. The van der Waals surface area contributed by atoms with Gasteiger partial charge in [0.1, 0.15) is 6.10 Å². The van der Waals surface area contributed by atoms with Gasteiger partial charge in [-0.2, -0.15) is 13.2 Å². The summed E-state index contributed by atoms with van der Waals surface area (Å²) in [5.41, 5.74) is -1.32. The van der Waals surface area contributed by atoms with Crippen molar-refractivity contribution < 1.29 is 27.4 Å². The van der Waals surface area contributed by atoms with E-state index in [4.69, 9.17) is 9.47 Å². The van der Waals surface area contributed by atoms with Gasteiger partial charge in [0.2, 0.25) is 0 Å². The SMILES string of the molecule is O=C(NCC1COC2(CCCC2)O1)c1ccccc1C(F)(F)F. The van der Waals surface area contributed by atoms with Crippen LogP contribution in [0, 0.1) is 0 Å². The second-order valence-electron chi connectivity index (χ2n) is 5.92. The van der Waals surface area contributed by atoms with E-state index in [0.29, 0.717) is 6.61 Å². The monoisotopic (exact) mass is 329 g/mol. The molecule has 1 spiro atoms. The number of halogens is 3. The number of carbonyl (C=O) groups is 1. The molecule has 7 heteroatoms. The van der Waals surface area contributed by atoms with E-state index in [9.17, 15) is 18.0 Å². The Balaban J connectivity index is 1.60. The maximum atomic E-state index is 12.9. The molecule has 2 fully saturated rings. The summed E-state index contributed by atoms with van der Waals surface area (Å²) in [6, 6.07) is 4.74. The second kappa shape index (κ2) is 6.13. The Bertz CT molecular complexity index is 582. The van der Waals surface area contributed by atoms with Gasteiger partial charge in [0.15, 0.2) is 5.79 Å². The highest BCUT2D eigenvalue weighted by molar-refractivity contribution is 5.95. The lowest BCUT2D eigenvalue weighted by atomic mass is 10.1. The lowest BCUT2D eigenvalue weighted by molar-refractivity contribution is -0.161. The largest absolute Gasteiger partial charge is 0.417 e. The third-order valence-corrected chi connectivity index (χ3v) is 4.25. The van der Waals surface area contributed by atoms with Gasteiger partial charge < -0.3 is 14.8 Å². The van der Waals surface area contributed by atoms with E-state index in [-0.39, 0.29) is 18.2 Å². The first-order chi connectivity index (χ1) is 10.9. The molecule has 3 rings (SSSR count). The molecule has 126 valence electrons. The molecule has 1 aliphatic carbocycles. The molecular weight excluding hydrogens is 311 g/mol. The summed E-state index contributed by atoms with van der Waals surface area (Å²) in [4.78, 5) is 12.1. The summed E-state index contributed by atoms with van der Waals surface area (Å²) in [7, 11) is 0. The van der Waals surface area contributed by atoms with Gasteiger partial charge in [-0.25, -0.2) is 0 Å². The molecule has 0 bridgehead atoms. The van der Waals surface area contributed by atoms with Crippen LogP contribution in [0.2, 0.25) is 0 Å². The van der Waals surface area contributed by atoms with Crippen LogP contribution in [-0.2, 0) is 15.7 Å². The fourth-order valence-electron chi connectivity index (χ4n) is 3.12. The minimum atomic E-state index is -4.56. The van der Waals surface area contributed by atoms with Crippen molar-refractivity contribution in [2.24, 2.45) is 0 Å². The Labute approximate surface area is 132 Å². The first-order valence-electron chi connectivity index (χ1n) is 7.66. The maximum absolute atomic E-state index is 12.9. The maximum Gasteiger partial charge on any atom is 0.417 e. The topological polar surface area (TPSA) is 47.6 Å². The van der Waals surface area contributed by atoms with Crippen LogP contribution in [0.25, 0.3) is 0 Å². The molecule has 23 heavy (non-hydrogen) atoms. The van der Waals surface area contributed by atoms with Crippen LogP contribution in [0.4, 0.5) is 13.2 Å². The van der Waals surface area contributed by atoms with Crippen LogP contribution in [0.5, 0.6) is 0 Å². The number of rotatable bonds is 3. The summed E-state index contributed by atoms with van der Waals surface area (Å²) < 4.78 is 50.3. The van der Waals surface area contributed by atoms with Crippen molar-refractivity contribution in [3.8, 4) is 0 Å². The lowest BCUT2D eigenvalue weighted by Gasteiger charge is -2.22. The van der Waals surface area contributed by atoms with Gasteiger partial charge in [-0.15, -0.1) is 0 Å². The fourth-order valence-corrected chi connectivity index (χ4v) is 3.12. The fraction of sp³-hybridized carbons (Fsp3) is 0.562. The van der Waals surface area contributed by atoms with E-state index in [1.165, 1.54) is 18.2 Å². The third-order valence-electron chi connectivity index (χ3n) is 4.25. The van der Waals surface area contributed by atoms with E-state index >= 15 is 0 Å². The predicted molar refractivity (Wildman–Crippen MR) is 75.8 cm³/mol. The Morgan fingerprint density at radius 2 is 1.96 bits per heavy atom. The molecule has 1 atom stereocenters. The molecule has 1 N–H and O–H groups in total. The van der Waals surface area contributed by atoms with E-state index in [0.717, 1.165) is 31.7 Å². The van der Waals surface area contributed by atoms with Crippen molar-refractivity contribution in [2.45, 2.75) is 43.8 Å². The van der Waals surface area contributed by atoms with Crippen molar-refractivity contribution in [1.29, 1.82) is 0 Å². The zero-order valence-electron chi connectivity index (χ0n) is 12.5. The van der Waals surface area contributed by atoms with Crippen LogP contribution in [0.1, 0.15) is 41.6 Å². The molecule has 1 aromatic carbocycles. The molecule has 1 saturated carbocycles. The molecule has 1 heterocycles. The normalized spacial score (nSPS) is 23.3. The number of benzene rings is 1. The molecule has 1 amide bonds. The van der Waals surface area contributed by atoms with Crippen molar-refractivity contribution in [1.82, 2.24) is 5.32 Å². The van der Waals surface area contributed by atoms with Gasteiger partial charge >= 0.3 is 6.18 Å². The quantitative estimate of drug-likeness (QED) is 0.927. The summed E-state index contributed by atoms with van der Waals surface area (Å²) in [6.07, 6.45) is -1.15. The number of amides is 1. The van der Waals surface area contributed by atoms with Crippen molar-refractivity contribution in [2.75, 3.05) is 13.2 Å². The van der Waals surface area contributed by atoms with Crippen LogP contribution >= 0.6 is 0 Å². The third kappa shape index (κ3) is 3.50. The molecule has 1 unspecified atom stereocenters. The lowest BCUT2D eigenvalue weighted by Crippen LogP contribution is -2.35. The number of nitrogens with one attached hydrogen (secondary N) is 1. The number of alkyl halides is 3. The molecule has 2 aliphatic rings. The molecular formula is C16H18F3NO3. The average molecular weight is 329 g/mol. The van der Waals surface area contributed by atoms with Gasteiger partial charge in [-0.3, -0.25) is 4.79 Å². The highest BCUT2D eigenvalue weighted by Gasteiger charge is 2.43. The smallest absolute Gasteiger partial charge is 0.349 e. The minimum Gasteiger partial charge on any atom is -0.349 e. The summed E-state index contributed by atoms with van der Waals surface area (Å²) in [6.45, 7) is 0.480. The standard InChI is InChI=1S/C16H18F3NO3/c17-16(18,19)13-6-2-1-5-12(13)14(21)20-9-11-10-22-15(23-11)7-3-4-8-15/h1-2,5-6,11H,3-4,7-10H2,(H,20,21). The first kappa shape index (κ1) is 16.3. The van der Waals surface area contributed by atoms with Crippen LogP contribution in [0.3, 0.4) is 0 Å². The molecule has 0 radical (unpaired) electrons. The van der Waals surface area contributed by atoms with E-state index in [1.54, 1.807) is 0 Å². The molecule has 1 aliphatic heterocycles. The Morgan fingerprint density at radius 3 is 2.65 bits per heavy atom. The predicted octanol–water partition coefficient (Wildman–Crippen LogP) is 3.12. The van der Waals surface area contributed by atoms with E-state index < -0.39 is 23.4 Å². The zero-order valence-corrected chi connectivity index (χ0v) is 12.5. The second-order valence-corrected chi connectivity index (χ2v) is 5.92. The number of ether oxygens (including phenoxy) is 2. The molecule has 4 nitrogen and oxygen atoms in total. The van der Waals surface area contributed by atoms with Crippen LogP contribution in [0.15, 0.2) is 24.3 Å². The number of carbonyl (C=O) groups excluding carboxylic acids is 1. The molecule has 0 aromatic heterocycles. The number of hydrogen-bond donors (Lipinski definition) is 1. The summed E-state index contributed by atoms with van der Waals surface area (Å²) in [5, 5.41) is 2.52. The Morgan fingerprint density at radius 1 is 1.26 bits per heavy atom. The highest BCUT2D eigenvalue weighted by Crippen LogP contribution is 2.39. The summed E-state index contributed by atoms with van der Waals surface area (Å²) in [5.74, 6) is -1.30. The van der Waals surface area contributed by atoms with Gasteiger partial charge in [0.05, 0.1) is 17.7 Å². The molecule has 1 aromatic rings. The van der Waals surface area contributed by atoms with E-state index in [2.05, 4.69) is 5.32 Å². The molecule has 1 saturated heterocycles. The minimum absolute atomic E-state index is 0.132. The van der Waals surface area contributed by atoms with Crippen molar-refractivity contribution >= 4 is 5.91 Å². The first-order valence-corrected chi connectivity index (χ1v) is 7.66. The highest BCUT2D eigenvalue weighted by atomic mass is 19.4. The average Bonchev–Trinajstić information content (AvgIpc) is 3.14. The van der Waals surface area contributed by atoms with Crippen LogP contribution in [-0.4, -0.2) is 30.9 Å². The zero-order chi connectivity index (χ0) is 16.5. The van der Waals surface area contributed by atoms with Crippen molar-refractivity contribution in [3.63, 3.8) is 0 Å². The van der Waals surface area contributed by atoms with Crippen LogP contribution < -0.4 is 5.32 Å². The Hall–Kier alpha value is -1.60. The van der Waals surface area contributed by atoms with Gasteiger partial charge in [-0.05, 0) is 25.0 Å². The van der Waals surface area contributed by atoms with Gasteiger partial charge in [-0.1, -0.05) is 12.1 Å². The van der Waals surface area contributed by atoms with E-state index in [1.807, 2.05) is 0 Å². The van der Waals surface area contributed by atoms with Crippen molar-refractivity contribution in [3.05, 3.63) is 35.4 Å². The summed E-state index contributed by atoms with van der Waals surface area (Å²) >= 11 is 0.